The van der Waals surface area contributed by atoms with E-state index < -0.39 is 5.60 Å². The van der Waals surface area contributed by atoms with E-state index in [1.54, 1.807) is 12.1 Å². The van der Waals surface area contributed by atoms with Crippen LogP contribution >= 0.6 is 0 Å². The molecule has 1 amide bonds. The number of hydrogen-bond donors (Lipinski definition) is 1. The van der Waals surface area contributed by atoms with Gasteiger partial charge in [-0.3, -0.25) is 0 Å². The summed E-state index contributed by atoms with van der Waals surface area (Å²) >= 11 is 0. The molecule has 23 heavy (non-hydrogen) atoms. The minimum atomic E-state index is -0.473. The fourth-order valence-corrected chi connectivity index (χ4v) is 2.79. The predicted molar refractivity (Wildman–Crippen MR) is 88.8 cm³/mol. The molecule has 5 heteroatoms. The summed E-state index contributed by atoms with van der Waals surface area (Å²) in [6.45, 7) is 9.13. The molecule has 1 aromatic rings. The lowest BCUT2D eigenvalue weighted by molar-refractivity contribution is 0.0225. The number of benzene rings is 1. The van der Waals surface area contributed by atoms with Crippen LogP contribution in [0.1, 0.15) is 52.1 Å². The zero-order chi connectivity index (χ0) is 17.0. The highest BCUT2D eigenvalue weighted by Crippen LogP contribution is 2.21. The van der Waals surface area contributed by atoms with Gasteiger partial charge in [-0.05, 0) is 58.2 Å². The molecule has 1 aromatic carbocycles. The third-order valence-electron chi connectivity index (χ3n) is 4.03. The highest BCUT2D eigenvalue weighted by Gasteiger charge is 2.32. The molecule has 1 saturated heterocycles. The fraction of sp³-hybridized carbons (Fsp3) is 0.611. The molecule has 128 valence electrons. The number of carbonyl (C=O) groups is 1. The van der Waals surface area contributed by atoms with Gasteiger partial charge < -0.3 is 15.0 Å². The van der Waals surface area contributed by atoms with Crippen LogP contribution in [0.2, 0.25) is 0 Å². The third-order valence-corrected chi connectivity index (χ3v) is 4.03. The Hall–Kier alpha value is -1.62. The second-order valence-electron chi connectivity index (χ2n) is 7.15. The molecule has 0 bridgehead atoms. The van der Waals surface area contributed by atoms with Crippen LogP contribution in [0.25, 0.3) is 0 Å². The molecule has 0 saturated carbocycles. The molecule has 1 heterocycles. The van der Waals surface area contributed by atoms with Gasteiger partial charge >= 0.3 is 6.09 Å². The predicted octanol–water partition coefficient (Wildman–Crippen LogP) is 3.88. The summed E-state index contributed by atoms with van der Waals surface area (Å²) in [6.07, 6.45) is 1.73. The minimum absolute atomic E-state index is 0.108. The minimum Gasteiger partial charge on any atom is -0.444 e. The van der Waals surface area contributed by atoms with E-state index in [4.69, 9.17) is 4.74 Å². The van der Waals surface area contributed by atoms with Gasteiger partial charge in [-0.25, -0.2) is 9.18 Å². The van der Waals surface area contributed by atoms with Gasteiger partial charge in [0.2, 0.25) is 0 Å². The average Bonchev–Trinajstić information content (AvgIpc) is 2.92. The van der Waals surface area contributed by atoms with Crippen molar-refractivity contribution in [3.63, 3.8) is 0 Å². The Morgan fingerprint density at radius 2 is 2.04 bits per heavy atom. The monoisotopic (exact) mass is 322 g/mol. The molecule has 1 aliphatic heterocycles. The number of carbonyl (C=O) groups excluding carboxylic acids is 1. The first kappa shape index (κ1) is 17.7. The zero-order valence-electron chi connectivity index (χ0n) is 14.4. The molecule has 0 radical (unpaired) electrons. The van der Waals surface area contributed by atoms with Crippen molar-refractivity contribution >= 4 is 6.09 Å². The SMILES string of the molecule is C[C@@H](NCC1CCCN1C(=O)OC(C)(C)C)c1ccc(F)cc1. The van der Waals surface area contributed by atoms with E-state index in [1.807, 2.05) is 32.6 Å². The number of nitrogens with one attached hydrogen (secondary N) is 1. The van der Waals surface area contributed by atoms with Crippen molar-refractivity contribution in [2.75, 3.05) is 13.1 Å². The summed E-state index contributed by atoms with van der Waals surface area (Å²) < 4.78 is 18.5. The molecule has 4 nitrogen and oxygen atoms in total. The Balaban J connectivity index is 1.88. The van der Waals surface area contributed by atoms with Crippen molar-refractivity contribution in [3.8, 4) is 0 Å². The van der Waals surface area contributed by atoms with E-state index in [0.717, 1.165) is 24.9 Å². The van der Waals surface area contributed by atoms with Crippen molar-refractivity contribution in [2.24, 2.45) is 0 Å². The molecular formula is C18H27FN2O2. The largest absolute Gasteiger partial charge is 0.444 e. The van der Waals surface area contributed by atoms with E-state index in [9.17, 15) is 9.18 Å². The van der Waals surface area contributed by atoms with Crippen molar-refractivity contribution in [1.82, 2.24) is 10.2 Å². The number of likely N-dealkylation sites (tertiary alicyclic amines) is 1. The van der Waals surface area contributed by atoms with Crippen molar-refractivity contribution in [2.45, 2.75) is 58.2 Å². The summed E-state index contributed by atoms with van der Waals surface area (Å²) in [4.78, 5) is 14.1. The summed E-state index contributed by atoms with van der Waals surface area (Å²) in [5.41, 5.74) is 0.562. The highest BCUT2D eigenvalue weighted by atomic mass is 19.1. The maximum absolute atomic E-state index is 13.0. The molecule has 1 fully saturated rings. The second kappa shape index (κ2) is 7.30. The smallest absolute Gasteiger partial charge is 0.410 e. The van der Waals surface area contributed by atoms with Crippen molar-refractivity contribution < 1.29 is 13.9 Å². The topological polar surface area (TPSA) is 41.6 Å². The Morgan fingerprint density at radius 1 is 1.39 bits per heavy atom. The number of ether oxygens (including phenoxy) is 1. The van der Waals surface area contributed by atoms with Gasteiger partial charge in [0.1, 0.15) is 11.4 Å². The number of nitrogens with zero attached hydrogens (tertiary/aromatic N) is 1. The quantitative estimate of drug-likeness (QED) is 0.915. The molecule has 0 aromatic heterocycles. The summed E-state index contributed by atoms with van der Waals surface area (Å²) in [6, 6.07) is 6.76. The van der Waals surface area contributed by atoms with Gasteiger partial charge in [0.25, 0.3) is 0 Å². The van der Waals surface area contributed by atoms with Crippen LogP contribution in [0.15, 0.2) is 24.3 Å². The Kier molecular flexibility index (Phi) is 5.63. The number of rotatable bonds is 4. The third kappa shape index (κ3) is 5.20. The molecule has 1 unspecified atom stereocenters. The van der Waals surface area contributed by atoms with Crippen LogP contribution in [0.4, 0.5) is 9.18 Å². The van der Waals surface area contributed by atoms with Crippen molar-refractivity contribution in [1.29, 1.82) is 0 Å². The van der Waals surface area contributed by atoms with Crippen LogP contribution in [-0.2, 0) is 4.74 Å². The molecule has 0 spiro atoms. The van der Waals surface area contributed by atoms with Gasteiger partial charge in [0, 0.05) is 25.2 Å². The fourth-order valence-electron chi connectivity index (χ4n) is 2.79. The van der Waals surface area contributed by atoms with Crippen LogP contribution in [0.3, 0.4) is 0 Å². The first-order valence-corrected chi connectivity index (χ1v) is 8.25. The lowest BCUT2D eigenvalue weighted by Crippen LogP contribution is -2.44. The van der Waals surface area contributed by atoms with Gasteiger partial charge in [-0.1, -0.05) is 12.1 Å². The Bertz CT molecular complexity index is 525. The molecule has 1 aliphatic rings. The molecule has 2 atom stereocenters. The summed E-state index contributed by atoms with van der Waals surface area (Å²) in [5, 5.41) is 3.44. The van der Waals surface area contributed by atoms with E-state index >= 15 is 0 Å². The number of halogens is 1. The van der Waals surface area contributed by atoms with E-state index in [0.29, 0.717) is 6.54 Å². The zero-order valence-corrected chi connectivity index (χ0v) is 14.4. The number of amides is 1. The van der Waals surface area contributed by atoms with E-state index in [1.165, 1.54) is 12.1 Å². The lowest BCUT2D eigenvalue weighted by atomic mass is 10.1. The van der Waals surface area contributed by atoms with Gasteiger partial charge in [-0.2, -0.15) is 0 Å². The molecular weight excluding hydrogens is 295 g/mol. The maximum atomic E-state index is 13.0. The normalized spacial score (nSPS) is 19.7. The van der Waals surface area contributed by atoms with E-state index in [-0.39, 0.29) is 24.0 Å². The summed E-state index contributed by atoms with van der Waals surface area (Å²) in [5.74, 6) is -0.229. The molecule has 0 aliphatic carbocycles. The Morgan fingerprint density at radius 3 is 2.65 bits per heavy atom. The van der Waals surface area contributed by atoms with Crippen LogP contribution in [-0.4, -0.2) is 35.7 Å². The van der Waals surface area contributed by atoms with Crippen LogP contribution in [0.5, 0.6) is 0 Å². The van der Waals surface area contributed by atoms with Crippen molar-refractivity contribution in [3.05, 3.63) is 35.6 Å². The number of hydrogen-bond acceptors (Lipinski definition) is 3. The lowest BCUT2D eigenvalue weighted by Gasteiger charge is -2.29. The van der Waals surface area contributed by atoms with E-state index in [2.05, 4.69) is 5.32 Å². The first-order chi connectivity index (χ1) is 10.8. The summed E-state index contributed by atoms with van der Waals surface area (Å²) in [7, 11) is 0. The maximum Gasteiger partial charge on any atom is 0.410 e. The Labute approximate surface area is 138 Å². The molecule has 2 rings (SSSR count). The van der Waals surface area contributed by atoms with Crippen LogP contribution < -0.4 is 5.32 Å². The van der Waals surface area contributed by atoms with Gasteiger partial charge in [0.15, 0.2) is 0 Å². The highest BCUT2D eigenvalue weighted by molar-refractivity contribution is 5.69. The van der Waals surface area contributed by atoms with Gasteiger partial charge in [0.05, 0.1) is 0 Å². The van der Waals surface area contributed by atoms with Crippen LogP contribution in [0, 0.1) is 5.82 Å². The van der Waals surface area contributed by atoms with Gasteiger partial charge in [-0.15, -0.1) is 0 Å². The molecule has 1 N–H and O–H groups in total. The second-order valence-corrected chi connectivity index (χ2v) is 7.15. The first-order valence-electron chi connectivity index (χ1n) is 8.25. The standard InChI is InChI=1S/C18H27FN2O2/c1-13(14-7-9-15(19)10-8-14)20-12-16-6-5-11-21(16)17(22)23-18(2,3)4/h7-10,13,16,20H,5-6,11-12H2,1-4H3/t13-,16?/m1/s1. The average molecular weight is 322 g/mol.